The number of carbonyl (C=O) groups is 3. The molecule has 0 aromatic heterocycles. The number of hydrogen-bond donors (Lipinski definition) is 1. The molecular weight excluding hydrogens is 532 g/mol. The van der Waals surface area contributed by atoms with Crippen molar-refractivity contribution < 1.29 is 33.7 Å². The van der Waals surface area contributed by atoms with Crippen LogP contribution >= 0.6 is 0 Å². The zero-order chi connectivity index (χ0) is 32.6. The van der Waals surface area contributed by atoms with E-state index in [-0.39, 0.29) is 23.0 Å². The standard InChI is InChI=1S/C35H48O7/c1-15-27(36)42-29-24(17-22(19-26(29)33(6,7)8)41-31(39)35(12,13)14)20(2)23-16-21(40-30(38)34(9,10)11)18-25(28(23)37)32(3,4)5/h15-20,37H,1H2,2-14H3. The summed E-state index contributed by atoms with van der Waals surface area (Å²) in [4.78, 5) is 38.3. The summed E-state index contributed by atoms with van der Waals surface area (Å²) in [5.41, 5.74) is -0.362. The average Bonchev–Trinajstić information content (AvgIpc) is 2.82. The maximum Gasteiger partial charge on any atom is 0.335 e. The summed E-state index contributed by atoms with van der Waals surface area (Å²) < 4.78 is 17.4. The zero-order valence-corrected chi connectivity index (χ0v) is 27.6. The molecule has 0 saturated carbocycles. The Balaban J connectivity index is 2.95. The third kappa shape index (κ3) is 8.24. The van der Waals surface area contributed by atoms with Crippen molar-refractivity contribution in [2.45, 2.75) is 107 Å². The molecule has 0 fully saturated rings. The molecule has 0 radical (unpaired) electrons. The van der Waals surface area contributed by atoms with Crippen LogP contribution in [0, 0.1) is 10.8 Å². The SMILES string of the molecule is C=CC(=O)Oc1c(C(C)c2cc(OC(=O)C(C)(C)C)cc(C(C)(C)C)c2O)cc(OC(=O)C(C)(C)C)cc1C(C)(C)C. The van der Waals surface area contributed by atoms with E-state index < -0.39 is 45.5 Å². The number of hydrogen-bond acceptors (Lipinski definition) is 7. The van der Waals surface area contributed by atoms with E-state index in [0.717, 1.165) is 6.08 Å². The fraction of sp³-hybridized carbons (Fsp3) is 0.514. The van der Waals surface area contributed by atoms with Crippen LogP contribution in [-0.2, 0) is 25.2 Å². The number of esters is 3. The van der Waals surface area contributed by atoms with E-state index in [1.54, 1.807) is 65.8 Å². The monoisotopic (exact) mass is 580 g/mol. The van der Waals surface area contributed by atoms with E-state index in [9.17, 15) is 19.5 Å². The molecule has 0 bridgehead atoms. The molecule has 7 nitrogen and oxygen atoms in total. The Kier molecular flexibility index (Phi) is 9.84. The summed E-state index contributed by atoms with van der Waals surface area (Å²) in [5.74, 6) is -1.21. The molecule has 0 amide bonds. The van der Waals surface area contributed by atoms with E-state index >= 15 is 0 Å². The maximum atomic E-state index is 12.9. The molecule has 0 saturated heterocycles. The van der Waals surface area contributed by atoms with Gasteiger partial charge < -0.3 is 19.3 Å². The molecule has 0 aliphatic carbocycles. The van der Waals surface area contributed by atoms with Crippen molar-refractivity contribution in [3.05, 3.63) is 59.2 Å². The predicted molar refractivity (Wildman–Crippen MR) is 165 cm³/mol. The van der Waals surface area contributed by atoms with Gasteiger partial charge in [0.15, 0.2) is 0 Å². The van der Waals surface area contributed by atoms with Crippen molar-refractivity contribution >= 4 is 17.9 Å². The molecular formula is C35H48O7. The highest BCUT2D eigenvalue weighted by Crippen LogP contribution is 2.47. The molecule has 0 heterocycles. The Morgan fingerprint density at radius 2 is 1.10 bits per heavy atom. The summed E-state index contributed by atoms with van der Waals surface area (Å²) >= 11 is 0. The van der Waals surface area contributed by atoms with Crippen LogP contribution in [-0.4, -0.2) is 23.0 Å². The first kappa shape index (κ1) is 34.6. The molecule has 1 atom stereocenters. The minimum atomic E-state index is -0.757. The number of phenols is 1. The van der Waals surface area contributed by atoms with Gasteiger partial charge in [-0.3, -0.25) is 9.59 Å². The normalized spacial score (nSPS) is 13.3. The van der Waals surface area contributed by atoms with Gasteiger partial charge in [-0.05, 0) is 76.6 Å². The Morgan fingerprint density at radius 3 is 1.48 bits per heavy atom. The lowest BCUT2D eigenvalue weighted by atomic mass is 9.79. The van der Waals surface area contributed by atoms with E-state index in [1.165, 1.54) is 0 Å². The first-order chi connectivity index (χ1) is 18.9. The van der Waals surface area contributed by atoms with Crippen molar-refractivity contribution in [1.82, 2.24) is 0 Å². The van der Waals surface area contributed by atoms with E-state index in [4.69, 9.17) is 14.2 Å². The van der Waals surface area contributed by atoms with Gasteiger partial charge in [0, 0.05) is 34.2 Å². The number of benzene rings is 2. The highest BCUT2D eigenvalue weighted by Gasteiger charge is 2.33. The van der Waals surface area contributed by atoms with E-state index in [1.807, 2.05) is 48.5 Å². The molecule has 2 aromatic rings. The fourth-order valence-corrected chi connectivity index (χ4v) is 4.10. The number of rotatable bonds is 6. The van der Waals surface area contributed by atoms with Crippen LogP contribution in [0.15, 0.2) is 36.9 Å². The third-order valence-corrected chi connectivity index (χ3v) is 6.77. The number of aromatic hydroxyl groups is 1. The van der Waals surface area contributed by atoms with Gasteiger partial charge in [0.2, 0.25) is 0 Å². The van der Waals surface area contributed by atoms with Crippen LogP contribution in [0.1, 0.15) is 118 Å². The fourth-order valence-electron chi connectivity index (χ4n) is 4.10. The number of phenolic OH excluding ortho intramolecular Hbond substituents is 1. The van der Waals surface area contributed by atoms with Gasteiger partial charge in [-0.25, -0.2) is 4.79 Å². The average molecular weight is 581 g/mol. The van der Waals surface area contributed by atoms with Crippen LogP contribution < -0.4 is 14.2 Å². The second-order valence-electron chi connectivity index (χ2n) is 14.9. The predicted octanol–water partition coefficient (Wildman–Crippen LogP) is 8.13. The van der Waals surface area contributed by atoms with Gasteiger partial charge in [0.25, 0.3) is 0 Å². The Morgan fingerprint density at radius 1 is 0.690 bits per heavy atom. The molecule has 0 aliphatic heterocycles. The van der Waals surface area contributed by atoms with Crippen molar-refractivity contribution in [1.29, 1.82) is 0 Å². The summed E-state index contributed by atoms with van der Waals surface area (Å²) in [5, 5.41) is 11.6. The minimum Gasteiger partial charge on any atom is -0.507 e. The van der Waals surface area contributed by atoms with Crippen molar-refractivity contribution in [3.8, 4) is 23.0 Å². The summed E-state index contributed by atoms with van der Waals surface area (Å²) in [6, 6.07) is 6.66. The zero-order valence-electron chi connectivity index (χ0n) is 27.6. The molecule has 7 heteroatoms. The van der Waals surface area contributed by atoms with Crippen LogP contribution in [0.25, 0.3) is 0 Å². The summed E-state index contributed by atoms with van der Waals surface area (Å²) in [6.07, 6.45) is 1.08. The molecule has 1 N–H and O–H groups in total. The van der Waals surface area contributed by atoms with Gasteiger partial charge in [-0.15, -0.1) is 0 Å². The Hall–Kier alpha value is -3.61. The highest BCUT2D eigenvalue weighted by atomic mass is 16.5. The van der Waals surface area contributed by atoms with Crippen molar-refractivity contribution in [2.24, 2.45) is 10.8 Å². The van der Waals surface area contributed by atoms with Crippen molar-refractivity contribution in [3.63, 3.8) is 0 Å². The topological polar surface area (TPSA) is 99.1 Å². The lowest BCUT2D eigenvalue weighted by Gasteiger charge is -2.29. The molecule has 2 aromatic carbocycles. The molecule has 0 spiro atoms. The van der Waals surface area contributed by atoms with Crippen molar-refractivity contribution in [2.75, 3.05) is 0 Å². The first-order valence-electron chi connectivity index (χ1n) is 14.2. The quantitative estimate of drug-likeness (QED) is 0.209. The molecule has 42 heavy (non-hydrogen) atoms. The molecule has 2 rings (SSSR count). The molecule has 1 unspecified atom stereocenters. The van der Waals surface area contributed by atoms with Crippen LogP contribution in [0.4, 0.5) is 0 Å². The smallest absolute Gasteiger partial charge is 0.335 e. The van der Waals surface area contributed by atoms with Gasteiger partial charge >= 0.3 is 17.9 Å². The summed E-state index contributed by atoms with van der Waals surface area (Å²) in [7, 11) is 0. The lowest BCUT2D eigenvalue weighted by molar-refractivity contribution is -0.143. The largest absolute Gasteiger partial charge is 0.507 e. The lowest BCUT2D eigenvalue weighted by Crippen LogP contribution is -2.26. The third-order valence-electron chi connectivity index (χ3n) is 6.77. The van der Waals surface area contributed by atoms with Gasteiger partial charge in [-0.1, -0.05) is 55.0 Å². The van der Waals surface area contributed by atoms with E-state index in [2.05, 4.69) is 6.58 Å². The first-order valence-corrected chi connectivity index (χ1v) is 14.2. The van der Waals surface area contributed by atoms with Gasteiger partial charge in [0.1, 0.15) is 23.0 Å². The second kappa shape index (κ2) is 11.9. The molecule has 0 aliphatic rings. The van der Waals surface area contributed by atoms with Gasteiger partial charge in [0.05, 0.1) is 10.8 Å². The van der Waals surface area contributed by atoms with Crippen LogP contribution in [0.5, 0.6) is 23.0 Å². The molecule has 230 valence electrons. The van der Waals surface area contributed by atoms with Gasteiger partial charge in [-0.2, -0.15) is 0 Å². The Bertz CT molecular complexity index is 1370. The van der Waals surface area contributed by atoms with Crippen LogP contribution in [0.2, 0.25) is 0 Å². The number of carbonyl (C=O) groups excluding carboxylic acids is 3. The maximum absolute atomic E-state index is 12.9. The highest BCUT2D eigenvalue weighted by molar-refractivity contribution is 5.84. The summed E-state index contributed by atoms with van der Waals surface area (Å²) in [6.45, 7) is 27.7. The Labute approximate surface area is 251 Å². The number of ether oxygens (including phenoxy) is 3. The van der Waals surface area contributed by atoms with E-state index in [0.29, 0.717) is 22.3 Å². The second-order valence-corrected chi connectivity index (χ2v) is 14.9. The minimum absolute atomic E-state index is 0.0287. The van der Waals surface area contributed by atoms with Crippen LogP contribution in [0.3, 0.4) is 0 Å².